The molecule has 1 aliphatic heterocycles. The third kappa shape index (κ3) is 8.18. The highest BCUT2D eigenvalue weighted by atomic mass is 35.5. The zero-order chi connectivity index (χ0) is 32.1. The van der Waals surface area contributed by atoms with E-state index >= 15 is 0 Å². The minimum atomic E-state index is -1.23. The van der Waals surface area contributed by atoms with Crippen molar-refractivity contribution in [2.45, 2.75) is 52.0 Å². The van der Waals surface area contributed by atoms with Gasteiger partial charge >= 0.3 is 6.03 Å². The Bertz CT molecular complexity index is 1350. The number of aliphatic hydroxyl groups excluding tert-OH is 2. The van der Waals surface area contributed by atoms with Crippen LogP contribution in [-0.4, -0.2) is 100 Å². The summed E-state index contributed by atoms with van der Waals surface area (Å²) in [5.41, 5.74) is -0.978. The first-order valence-electron chi connectivity index (χ1n) is 13.9. The minimum Gasteiger partial charge on any atom is -0.395 e. The number of carbonyl (C=O) groups is 4. The molecule has 0 atom stereocenters. The average molecular weight is 657 g/mol. The largest absolute Gasteiger partial charge is 0.395 e. The number of hydrogen-bond donors (Lipinski definition) is 4. The number of rotatable bonds is 10. The number of halogens is 2. The van der Waals surface area contributed by atoms with Crippen molar-refractivity contribution < 1.29 is 29.4 Å². The Labute approximate surface area is 265 Å². The Hall–Kier alpha value is -2.90. The molecule has 1 saturated heterocycles. The summed E-state index contributed by atoms with van der Waals surface area (Å²) in [6.07, 6.45) is 0.0229. The Kier molecular flexibility index (Phi) is 11.5. The van der Waals surface area contributed by atoms with Gasteiger partial charge in [-0.1, -0.05) is 50.0 Å². The molecule has 1 aromatic carbocycles. The Morgan fingerprint density at radius 1 is 1.07 bits per heavy atom. The lowest BCUT2D eigenvalue weighted by molar-refractivity contribution is -0.147. The maximum Gasteiger partial charge on any atom is 0.324 e. The van der Waals surface area contributed by atoms with Crippen molar-refractivity contribution in [3.63, 3.8) is 0 Å². The van der Waals surface area contributed by atoms with Gasteiger partial charge in [0.25, 0.3) is 5.91 Å². The molecule has 43 heavy (non-hydrogen) atoms. The van der Waals surface area contributed by atoms with Gasteiger partial charge in [-0.3, -0.25) is 19.7 Å². The van der Waals surface area contributed by atoms with Crippen LogP contribution in [0.5, 0.6) is 0 Å². The topological polar surface area (TPSA) is 143 Å². The lowest BCUT2D eigenvalue weighted by Crippen LogP contribution is -2.64. The number of amides is 5. The molecule has 0 radical (unpaired) electrons. The summed E-state index contributed by atoms with van der Waals surface area (Å²) in [7, 11) is 0. The van der Waals surface area contributed by atoms with Crippen molar-refractivity contribution in [2.75, 3.05) is 56.6 Å². The van der Waals surface area contributed by atoms with Crippen LogP contribution in [0.15, 0.2) is 24.3 Å². The van der Waals surface area contributed by atoms with E-state index in [0.717, 1.165) is 4.88 Å². The third-order valence-corrected chi connectivity index (χ3v) is 9.44. The summed E-state index contributed by atoms with van der Waals surface area (Å²) in [5, 5.41) is 24.6. The van der Waals surface area contributed by atoms with E-state index in [4.69, 9.17) is 23.2 Å². The van der Waals surface area contributed by atoms with E-state index in [1.54, 1.807) is 43.0 Å². The first-order chi connectivity index (χ1) is 20.1. The summed E-state index contributed by atoms with van der Waals surface area (Å²) in [4.78, 5) is 58.4. The molecule has 1 fully saturated rings. The molecule has 2 aromatic rings. The van der Waals surface area contributed by atoms with Gasteiger partial charge < -0.3 is 30.2 Å². The summed E-state index contributed by atoms with van der Waals surface area (Å²) in [6, 6.07) is 5.99. The van der Waals surface area contributed by atoms with Crippen LogP contribution in [0.4, 0.5) is 15.5 Å². The fraction of sp³-hybridized carbons (Fsp3) is 0.517. The smallest absolute Gasteiger partial charge is 0.324 e. The number of aliphatic hydroxyl groups is 2. The molecule has 2 heterocycles. The van der Waals surface area contributed by atoms with Crippen LogP contribution >= 0.6 is 34.5 Å². The van der Waals surface area contributed by atoms with Crippen molar-refractivity contribution in [1.29, 1.82) is 0 Å². The fourth-order valence-corrected chi connectivity index (χ4v) is 6.13. The second-order valence-electron chi connectivity index (χ2n) is 11.7. The van der Waals surface area contributed by atoms with Crippen LogP contribution in [0.3, 0.4) is 0 Å². The van der Waals surface area contributed by atoms with Gasteiger partial charge in [0.2, 0.25) is 11.8 Å². The highest BCUT2D eigenvalue weighted by Gasteiger charge is 2.45. The van der Waals surface area contributed by atoms with Crippen molar-refractivity contribution >= 4 is 69.0 Å². The van der Waals surface area contributed by atoms with E-state index < -0.39 is 17.5 Å². The SMILES string of the molecule is CC(C)(C)c1cc(C(=O)N2CCN(CCC(=O)N(CCO)CCO)C(=O)C2(C)C)c(NC(=O)Nc2cccc(Cl)c2Cl)s1. The van der Waals surface area contributed by atoms with Gasteiger partial charge in [-0.15, -0.1) is 11.3 Å². The quantitative estimate of drug-likeness (QED) is 0.301. The number of benzene rings is 1. The highest BCUT2D eigenvalue weighted by molar-refractivity contribution is 7.16. The Morgan fingerprint density at radius 2 is 1.72 bits per heavy atom. The molecule has 3 rings (SSSR count). The van der Waals surface area contributed by atoms with E-state index in [1.807, 2.05) is 20.8 Å². The molecule has 5 amide bonds. The predicted octanol–water partition coefficient (Wildman–Crippen LogP) is 4.26. The molecular formula is C29H39Cl2N5O6S. The Morgan fingerprint density at radius 3 is 2.33 bits per heavy atom. The number of urea groups is 1. The summed E-state index contributed by atoms with van der Waals surface area (Å²) >= 11 is 13.6. The van der Waals surface area contributed by atoms with Crippen molar-refractivity contribution in [3.8, 4) is 0 Å². The molecule has 0 spiro atoms. The minimum absolute atomic E-state index is 0.0229. The number of piperazine rings is 1. The zero-order valence-corrected chi connectivity index (χ0v) is 27.3. The number of carbonyl (C=O) groups excluding carboxylic acids is 4. The molecular weight excluding hydrogens is 617 g/mol. The predicted molar refractivity (Wildman–Crippen MR) is 169 cm³/mol. The van der Waals surface area contributed by atoms with Gasteiger partial charge in [-0.2, -0.15) is 0 Å². The summed E-state index contributed by atoms with van der Waals surface area (Å²) in [6.45, 7) is 9.61. The number of nitrogens with zero attached hydrogens (tertiary/aromatic N) is 3. The van der Waals surface area contributed by atoms with Gasteiger partial charge in [0, 0.05) is 44.0 Å². The fourth-order valence-electron chi connectivity index (χ4n) is 4.68. The van der Waals surface area contributed by atoms with Gasteiger partial charge in [0.1, 0.15) is 10.5 Å². The van der Waals surface area contributed by atoms with Crippen LogP contribution in [0, 0.1) is 0 Å². The molecule has 4 N–H and O–H groups in total. The lowest BCUT2D eigenvalue weighted by Gasteiger charge is -2.46. The molecule has 0 aliphatic carbocycles. The number of nitrogens with one attached hydrogen (secondary N) is 2. The highest BCUT2D eigenvalue weighted by Crippen LogP contribution is 2.38. The van der Waals surface area contributed by atoms with Crippen LogP contribution in [-0.2, 0) is 15.0 Å². The first-order valence-corrected chi connectivity index (χ1v) is 15.5. The molecule has 14 heteroatoms. The van der Waals surface area contributed by atoms with Crippen molar-refractivity contribution in [3.05, 3.63) is 44.8 Å². The number of thiophene rings is 1. The lowest BCUT2D eigenvalue weighted by atomic mass is 9.93. The average Bonchev–Trinajstić information content (AvgIpc) is 3.36. The van der Waals surface area contributed by atoms with Gasteiger partial charge in [0.15, 0.2) is 0 Å². The normalized spacial score (nSPS) is 15.0. The molecule has 0 unspecified atom stereocenters. The van der Waals surface area contributed by atoms with Crippen molar-refractivity contribution in [2.24, 2.45) is 0 Å². The van der Waals surface area contributed by atoms with Crippen LogP contribution in [0.2, 0.25) is 10.0 Å². The van der Waals surface area contributed by atoms with Gasteiger partial charge in [-0.25, -0.2) is 4.79 Å². The third-order valence-electron chi connectivity index (χ3n) is 7.14. The maximum atomic E-state index is 14.0. The molecule has 1 aliphatic rings. The summed E-state index contributed by atoms with van der Waals surface area (Å²) < 4.78 is 0. The molecule has 11 nitrogen and oxygen atoms in total. The number of hydrogen-bond acceptors (Lipinski definition) is 7. The second kappa shape index (κ2) is 14.3. The molecule has 236 valence electrons. The van der Waals surface area contributed by atoms with Crippen LogP contribution < -0.4 is 10.6 Å². The standard InChI is InChI=1S/C29H39Cl2N5O6S/c1-28(2,3)21-17-18(24(43-21)33-27(42)32-20-8-6-7-19(30)23(20)31)25(40)36-12-11-35(26(41)29(36,4)5)10-9-22(39)34(13-15-37)14-16-38/h6-8,17,37-38H,9-16H2,1-5H3,(H2,32,33,42). The van der Waals surface area contributed by atoms with Gasteiger partial charge in [-0.05, 0) is 37.5 Å². The van der Waals surface area contributed by atoms with E-state index in [2.05, 4.69) is 10.6 Å². The summed E-state index contributed by atoms with van der Waals surface area (Å²) in [5.74, 6) is -1.01. The zero-order valence-electron chi connectivity index (χ0n) is 25.0. The van der Waals surface area contributed by atoms with Crippen molar-refractivity contribution in [1.82, 2.24) is 14.7 Å². The molecule has 1 aromatic heterocycles. The number of anilines is 2. The second-order valence-corrected chi connectivity index (χ2v) is 13.5. The first kappa shape index (κ1) is 34.6. The molecule has 0 bridgehead atoms. The van der Waals surface area contributed by atoms with Crippen LogP contribution in [0.25, 0.3) is 0 Å². The maximum absolute atomic E-state index is 14.0. The molecule has 0 saturated carbocycles. The Balaban J connectivity index is 1.79. The van der Waals surface area contributed by atoms with E-state index in [0.29, 0.717) is 10.7 Å². The van der Waals surface area contributed by atoms with Gasteiger partial charge in [0.05, 0.1) is 34.5 Å². The van der Waals surface area contributed by atoms with E-state index in [9.17, 15) is 29.4 Å². The van der Waals surface area contributed by atoms with E-state index in [-0.39, 0.29) is 85.2 Å². The van der Waals surface area contributed by atoms with Crippen LogP contribution in [0.1, 0.15) is 56.3 Å². The van der Waals surface area contributed by atoms with E-state index in [1.165, 1.54) is 21.1 Å². The monoisotopic (exact) mass is 655 g/mol.